The third-order valence-corrected chi connectivity index (χ3v) is 4.27. The van der Waals surface area contributed by atoms with Gasteiger partial charge in [-0.1, -0.05) is 25.4 Å². The molecule has 1 N–H and O–H groups in total. The van der Waals surface area contributed by atoms with E-state index in [0.717, 1.165) is 42.0 Å². The van der Waals surface area contributed by atoms with Gasteiger partial charge >= 0.3 is 0 Å². The van der Waals surface area contributed by atoms with Crippen molar-refractivity contribution in [2.45, 2.75) is 33.5 Å². The molecule has 0 atom stereocenters. The van der Waals surface area contributed by atoms with Crippen LogP contribution in [0.25, 0.3) is 0 Å². The van der Waals surface area contributed by atoms with Crippen LogP contribution < -0.4 is 5.32 Å². The molecule has 3 nitrogen and oxygen atoms in total. The summed E-state index contributed by atoms with van der Waals surface area (Å²) in [4.78, 5) is 3.50. The van der Waals surface area contributed by atoms with Gasteiger partial charge in [-0.15, -0.1) is 11.3 Å². The summed E-state index contributed by atoms with van der Waals surface area (Å²) in [6, 6.07) is 8.14. The van der Waals surface area contributed by atoms with Crippen LogP contribution in [0.3, 0.4) is 0 Å². The Morgan fingerprint density at radius 3 is 2.62 bits per heavy atom. The number of thiophene rings is 1. The molecule has 116 valence electrons. The largest absolute Gasteiger partial charge is 0.463 e. The third-order valence-electron chi connectivity index (χ3n) is 3.05. The first kappa shape index (κ1) is 16.6. The minimum absolute atomic E-state index is 0.656. The first-order chi connectivity index (χ1) is 10.0. The van der Waals surface area contributed by atoms with Crippen LogP contribution in [-0.4, -0.2) is 18.5 Å². The predicted molar refractivity (Wildman–Crippen MR) is 89.8 cm³/mol. The van der Waals surface area contributed by atoms with Crippen LogP contribution in [0.2, 0.25) is 4.34 Å². The number of nitrogens with zero attached hydrogens (tertiary/aromatic N) is 1. The van der Waals surface area contributed by atoms with Gasteiger partial charge in [0.25, 0.3) is 0 Å². The van der Waals surface area contributed by atoms with E-state index in [-0.39, 0.29) is 0 Å². The molecule has 2 rings (SSSR count). The molecule has 2 aromatic rings. The highest BCUT2D eigenvalue weighted by molar-refractivity contribution is 7.16. The van der Waals surface area contributed by atoms with Crippen molar-refractivity contribution in [3.05, 3.63) is 45.0 Å². The van der Waals surface area contributed by atoms with Gasteiger partial charge in [0.15, 0.2) is 0 Å². The van der Waals surface area contributed by atoms with Gasteiger partial charge in [0.2, 0.25) is 0 Å². The van der Waals surface area contributed by atoms with E-state index in [9.17, 15) is 0 Å². The Labute approximate surface area is 135 Å². The maximum atomic E-state index is 5.95. The molecule has 0 aliphatic rings. The molecule has 0 saturated carbocycles. The lowest BCUT2D eigenvalue weighted by Crippen LogP contribution is -2.18. The monoisotopic (exact) mass is 326 g/mol. The van der Waals surface area contributed by atoms with E-state index in [1.54, 1.807) is 11.3 Å². The zero-order valence-corrected chi connectivity index (χ0v) is 14.4. The molecule has 0 saturated heterocycles. The van der Waals surface area contributed by atoms with Gasteiger partial charge in [0, 0.05) is 11.4 Å². The second-order valence-corrected chi connectivity index (χ2v) is 7.57. The smallest absolute Gasteiger partial charge is 0.118 e. The topological polar surface area (TPSA) is 28.4 Å². The van der Waals surface area contributed by atoms with Gasteiger partial charge in [-0.2, -0.15) is 0 Å². The number of halogens is 1. The lowest BCUT2D eigenvalue weighted by Gasteiger charge is -2.13. The van der Waals surface area contributed by atoms with E-state index in [1.165, 1.54) is 4.88 Å². The zero-order chi connectivity index (χ0) is 15.2. The SMILES string of the molecule is CC(C)CNCc1ccc(CN(C)Cc2ccc(Cl)s2)o1. The minimum Gasteiger partial charge on any atom is -0.463 e. The van der Waals surface area contributed by atoms with Crippen LogP contribution in [0.15, 0.2) is 28.7 Å². The number of hydrogen-bond acceptors (Lipinski definition) is 4. The van der Waals surface area contributed by atoms with Crippen LogP contribution in [0.4, 0.5) is 0 Å². The third kappa shape index (κ3) is 5.83. The Morgan fingerprint density at radius 2 is 1.95 bits per heavy atom. The second kappa shape index (κ2) is 7.99. The summed E-state index contributed by atoms with van der Waals surface area (Å²) in [5.41, 5.74) is 0. The van der Waals surface area contributed by atoms with Gasteiger partial charge < -0.3 is 9.73 Å². The highest BCUT2D eigenvalue weighted by Crippen LogP contribution is 2.23. The van der Waals surface area contributed by atoms with Gasteiger partial charge in [0.05, 0.1) is 17.4 Å². The summed E-state index contributed by atoms with van der Waals surface area (Å²) in [6.07, 6.45) is 0. The van der Waals surface area contributed by atoms with Crippen molar-refractivity contribution in [2.24, 2.45) is 5.92 Å². The van der Waals surface area contributed by atoms with Crippen molar-refractivity contribution in [3.63, 3.8) is 0 Å². The molecule has 0 spiro atoms. The number of furan rings is 1. The van der Waals surface area contributed by atoms with Crippen molar-refractivity contribution in [1.29, 1.82) is 0 Å². The van der Waals surface area contributed by atoms with Crippen LogP contribution in [0.5, 0.6) is 0 Å². The standard InChI is InChI=1S/C16H23ClN2OS/c1-12(2)8-18-9-13-4-5-14(20-13)10-19(3)11-15-6-7-16(17)21-15/h4-7,12,18H,8-11H2,1-3H3. The van der Waals surface area contributed by atoms with Gasteiger partial charge in [-0.25, -0.2) is 0 Å². The molecule has 0 unspecified atom stereocenters. The minimum atomic E-state index is 0.656. The van der Waals surface area contributed by atoms with Crippen molar-refractivity contribution < 1.29 is 4.42 Å². The van der Waals surface area contributed by atoms with Crippen molar-refractivity contribution in [1.82, 2.24) is 10.2 Å². The van der Waals surface area contributed by atoms with E-state index in [2.05, 4.69) is 49.3 Å². The van der Waals surface area contributed by atoms with Gasteiger partial charge in [-0.05, 0) is 43.8 Å². The average molecular weight is 327 g/mol. The molecule has 0 amide bonds. The molecule has 0 aliphatic heterocycles. The molecule has 0 aromatic carbocycles. The summed E-state index contributed by atoms with van der Waals surface area (Å²) in [7, 11) is 2.09. The molecule has 2 aromatic heterocycles. The summed E-state index contributed by atoms with van der Waals surface area (Å²) < 4.78 is 6.69. The summed E-state index contributed by atoms with van der Waals surface area (Å²) in [5.74, 6) is 2.66. The van der Waals surface area contributed by atoms with Crippen molar-refractivity contribution in [2.75, 3.05) is 13.6 Å². The van der Waals surface area contributed by atoms with Crippen molar-refractivity contribution in [3.8, 4) is 0 Å². The normalized spacial score (nSPS) is 11.7. The fraction of sp³-hybridized carbons (Fsp3) is 0.500. The molecule has 0 fully saturated rings. The molecular formula is C16H23ClN2OS. The fourth-order valence-corrected chi connectivity index (χ4v) is 3.28. The number of rotatable bonds is 8. The first-order valence-electron chi connectivity index (χ1n) is 7.24. The highest BCUT2D eigenvalue weighted by atomic mass is 35.5. The summed E-state index contributed by atoms with van der Waals surface area (Å²) in [5, 5.41) is 3.39. The highest BCUT2D eigenvalue weighted by Gasteiger charge is 2.08. The molecule has 2 heterocycles. The van der Waals surface area contributed by atoms with Crippen molar-refractivity contribution >= 4 is 22.9 Å². The van der Waals surface area contributed by atoms with Crippen LogP contribution in [-0.2, 0) is 19.6 Å². The molecule has 0 aliphatic carbocycles. The van der Waals surface area contributed by atoms with E-state index in [0.29, 0.717) is 5.92 Å². The zero-order valence-electron chi connectivity index (χ0n) is 12.9. The van der Waals surface area contributed by atoms with Gasteiger partial charge in [-0.3, -0.25) is 4.90 Å². The molecule has 0 radical (unpaired) electrons. The summed E-state index contributed by atoms with van der Waals surface area (Å²) in [6.45, 7) is 7.90. The maximum Gasteiger partial charge on any atom is 0.118 e. The van der Waals surface area contributed by atoms with E-state index < -0.39 is 0 Å². The number of hydrogen-bond donors (Lipinski definition) is 1. The number of nitrogens with one attached hydrogen (secondary N) is 1. The first-order valence-corrected chi connectivity index (χ1v) is 8.43. The van der Waals surface area contributed by atoms with E-state index in [4.69, 9.17) is 16.0 Å². The second-order valence-electron chi connectivity index (χ2n) is 5.77. The van der Waals surface area contributed by atoms with Crippen LogP contribution in [0.1, 0.15) is 30.2 Å². The Kier molecular flexibility index (Phi) is 6.30. The lowest BCUT2D eigenvalue weighted by molar-refractivity contribution is 0.284. The summed E-state index contributed by atoms with van der Waals surface area (Å²) >= 11 is 7.58. The molecule has 0 bridgehead atoms. The predicted octanol–water partition coefficient (Wildman–Crippen LogP) is 4.37. The van der Waals surface area contributed by atoms with Crippen LogP contribution >= 0.6 is 22.9 Å². The molecule has 5 heteroatoms. The Hall–Kier alpha value is -0.810. The maximum absolute atomic E-state index is 5.95. The lowest BCUT2D eigenvalue weighted by atomic mass is 10.2. The Balaban J connectivity index is 1.78. The van der Waals surface area contributed by atoms with Crippen LogP contribution in [0, 0.1) is 5.92 Å². The fourth-order valence-electron chi connectivity index (χ4n) is 2.11. The van der Waals surface area contributed by atoms with E-state index >= 15 is 0 Å². The Morgan fingerprint density at radius 1 is 1.19 bits per heavy atom. The average Bonchev–Trinajstić information content (AvgIpc) is 2.98. The quantitative estimate of drug-likeness (QED) is 0.780. The van der Waals surface area contributed by atoms with Gasteiger partial charge in [0.1, 0.15) is 11.5 Å². The molecular weight excluding hydrogens is 304 g/mol. The molecule has 21 heavy (non-hydrogen) atoms. The Bertz CT molecular complexity index is 550. The van der Waals surface area contributed by atoms with E-state index in [1.807, 2.05) is 6.07 Å².